The summed E-state index contributed by atoms with van der Waals surface area (Å²) in [4.78, 5) is -0.289. The summed E-state index contributed by atoms with van der Waals surface area (Å²) in [7, 11) is 0. The second kappa shape index (κ2) is 5.97. The molecule has 1 aliphatic rings. The summed E-state index contributed by atoms with van der Waals surface area (Å²) >= 11 is 4.63. The molecule has 1 unspecified atom stereocenters. The highest BCUT2D eigenvalue weighted by Gasteiger charge is 2.34. The number of nitrogens with two attached hydrogens (primary N) is 1. The van der Waals surface area contributed by atoms with E-state index in [1.54, 1.807) is 0 Å². The Balaban J connectivity index is 2.16. The standard InChI is InChI=1S/C13H14F3NO2S/c14-13(15,16)11-6-8(3-4-10(11)12(17)20)19-7-9-2-1-5-18-9/h3-4,6,9H,1-2,5,7H2,(H2,17,20). The van der Waals surface area contributed by atoms with Gasteiger partial charge in [0.25, 0.3) is 0 Å². The minimum absolute atomic E-state index is 0.0559. The lowest BCUT2D eigenvalue weighted by molar-refractivity contribution is -0.137. The molecule has 0 radical (unpaired) electrons. The number of alkyl halides is 3. The molecule has 0 aliphatic carbocycles. The number of ether oxygens (including phenoxy) is 2. The van der Waals surface area contributed by atoms with Crippen molar-refractivity contribution in [3.63, 3.8) is 0 Å². The average molecular weight is 305 g/mol. The van der Waals surface area contributed by atoms with Crippen LogP contribution >= 0.6 is 12.2 Å². The zero-order valence-electron chi connectivity index (χ0n) is 10.6. The maximum absolute atomic E-state index is 12.9. The van der Waals surface area contributed by atoms with Crippen LogP contribution in [0.25, 0.3) is 0 Å². The molecule has 2 N–H and O–H groups in total. The molecule has 0 spiro atoms. The van der Waals surface area contributed by atoms with E-state index in [0.717, 1.165) is 18.9 Å². The predicted molar refractivity (Wildman–Crippen MR) is 71.8 cm³/mol. The monoisotopic (exact) mass is 305 g/mol. The van der Waals surface area contributed by atoms with Gasteiger partial charge in [-0.3, -0.25) is 0 Å². The van der Waals surface area contributed by atoms with Gasteiger partial charge in [0.1, 0.15) is 17.3 Å². The number of benzene rings is 1. The highest BCUT2D eigenvalue weighted by Crippen LogP contribution is 2.34. The SMILES string of the molecule is NC(=S)c1ccc(OCC2CCCO2)cc1C(F)(F)F. The Morgan fingerprint density at radius 3 is 2.75 bits per heavy atom. The van der Waals surface area contributed by atoms with Crippen molar-refractivity contribution < 1.29 is 22.6 Å². The molecular weight excluding hydrogens is 291 g/mol. The van der Waals surface area contributed by atoms with Crippen molar-refractivity contribution in [3.05, 3.63) is 29.3 Å². The van der Waals surface area contributed by atoms with E-state index in [2.05, 4.69) is 12.2 Å². The summed E-state index contributed by atoms with van der Waals surface area (Å²) in [5.74, 6) is 0.132. The summed E-state index contributed by atoms with van der Waals surface area (Å²) in [6.45, 7) is 0.909. The zero-order chi connectivity index (χ0) is 14.8. The molecule has 1 aromatic rings. The summed E-state index contributed by atoms with van der Waals surface area (Å²) in [5.41, 5.74) is 4.23. The smallest absolute Gasteiger partial charge is 0.417 e. The Morgan fingerprint density at radius 2 is 2.20 bits per heavy atom. The van der Waals surface area contributed by atoms with Crippen molar-refractivity contribution >= 4 is 17.2 Å². The Kier molecular flexibility index (Phi) is 4.49. The summed E-state index contributed by atoms with van der Waals surface area (Å²) < 4.78 is 49.5. The Hall–Kier alpha value is -1.34. The number of hydrogen-bond acceptors (Lipinski definition) is 3. The first-order chi connectivity index (χ1) is 9.38. The molecule has 0 bridgehead atoms. The van der Waals surface area contributed by atoms with Gasteiger partial charge in [0, 0.05) is 12.2 Å². The van der Waals surface area contributed by atoms with Gasteiger partial charge in [-0.05, 0) is 31.0 Å². The van der Waals surface area contributed by atoms with Crippen molar-refractivity contribution in [1.82, 2.24) is 0 Å². The van der Waals surface area contributed by atoms with Crippen molar-refractivity contribution in [2.24, 2.45) is 5.73 Å². The van der Waals surface area contributed by atoms with Crippen LogP contribution in [-0.2, 0) is 10.9 Å². The van der Waals surface area contributed by atoms with Gasteiger partial charge in [-0.25, -0.2) is 0 Å². The molecular formula is C13H14F3NO2S. The van der Waals surface area contributed by atoms with Crippen LogP contribution in [0.3, 0.4) is 0 Å². The molecule has 3 nitrogen and oxygen atoms in total. The molecule has 1 aromatic carbocycles. The van der Waals surface area contributed by atoms with E-state index >= 15 is 0 Å². The van der Waals surface area contributed by atoms with Crippen LogP contribution in [0.15, 0.2) is 18.2 Å². The summed E-state index contributed by atoms with van der Waals surface area (Å²) in [6, 6.07) is 3.58. The van der Waals surface area contributed by atoms with E-state index in [4.69, 9.17) is 15.2 Å². The molecule has 110 valence electrons. The normalized spacial score (nSPS) is 19.1. The number of hydrogen-bond donors (Lipinski definition) is 1. The van der Waals surface area contributed by atoms with Crippen LogP contribution in [-0.4, -0.2) is 24.3 Å². The molecule has 1 aliphatic heterocycles. The summed E-state index contributed by atoms with van der Waals surface area (Å²) in [5, 5.41) is 0. The van der Waals surface area contributed by atoms with Crippen LogP contribution in [0.5, 0.6) is 5.75 Å². The van der Waals surface area contributed by atoms with Crippen molar-refractivity contribution in [2.45, 2.75) is 25.1 Å². The summed E-state index contributed by atoms with van der Waals surface area (Å²) in [6.07, 6.45) is -2.78. The van der Waals surface area contributed by atoms with Crippen LogP contribution in [0, 0.1) is 0 Å². The van der Waals surface area contributed by atoms with E-state index < -0.39 is 11.7 Å². The predicted octanol–water partition coefficient (Wildman–Crippen LogP) is 2.90. The van der Waals surface area contributed by atoms with E-state index in [1.807, 2.05) is 0 Å². The fourth-order valence-electron chi connectivity index (χ4n) is 2.03. The Morgan fingerprint density at radius 1 is 1.45 bits per heavy atom. The number of thiocarbonyl (C=S) groups is 1. The molecule has 0 saturated carbocycles. The molecule has 7 heteroatoms. The first-order valence-electron chi connectivity index (χ1n) is 6.13. The van der Waals surface area contributed by atoms with E-state index in [1.165, 1.54) is 12.1 Å². The number of halogens is 3. The van der Waals surface area contributed by atoms with Crippen molar-refractivity contribution in [2.75, 3.05) is 13.2 Å². The van der Waals surface area contributed by atoms with E-state index in [-0.39, 0.29) is 29.0 Å². The molecule has 1 heterocycles. The molecule has 0 amide bonds. The topological polar surface area (TPSA) is 44.5 Å². The first kappa shape index (κ1) is 15.1. The molecule has 0 aromatic heterocycles. The quantitative estimate of drug-likeness (QED) is 0.869. The first-order valence-corrected chi connectivity index (χ1v) is 6.54. The maximum Gasteiger partial charge on any atom is 0.417 e. The van der Waals surface area contributed by atoms with Crippen molar-refractivity contribution in [1.29, 1.82) is 0 Å². The van der Waals surface area contributed by atoms with Gasteiger partial charge in [-0.1, -0.05) is 12.2 Å². The highest BCUT2D eigenvalue weighted by molar-refractivity contribution is 7.80. The third kappa shape index (κ3) is 3.61. The molecule has 1 fully saturated rings. The van der Waals surface area contributed by atoms with Gasteiger partial charge in [0.05, 0.1) is 11.7 Å². The van der Waals surface area contributed by atoms with Crippen LogP contribution in [0.2, 0.25) is 0 Å². The Labute approximate surface area is 119 Å². The largest absolute Gasteiger partial charge is 0.491 e. The Bertz CT molecular complexity index is 499. The number of rotatable bonds is 4. The van der Waals surface area contributed by atoms with Gasteiger partial charge in [-0.2, -0.15) is 13.2 Å². The lowest BCUT2D eigenvalue weighted by atomic mass is 10.1. The zero-order valence-corrected chi connectivity index (χ0v) is 11.4. The third-order valence-electron chi connectivity index (χ3n) is 3.02. The second-order valence-electron chi connectivity index (χ2n) is 4.52. The van der Waals surface area contributed by atoms with Crippen molar-refractivity contribution in [3.8, 4) is 5.75 Å². The third-order valence-corrected chi connectivity index (χ3v) is 3.24. The van der Waals surface area contributed by atoms with Gasteiger partial charge < -0.3 is 15.2 Å². The average Bonchev–Trinajstić information content (AvgIpc) is 2.88. The van der Waals surface area contributed by atoms with E-state index in [0.29, 0.717) is 6.61 Å². The van der Waals surface area contributed by atoms with Gasteiger partial charge in [0.15, 0.2) is 0 Å². The van der Waals surface area contributed by atoms with Crippen LogP contribution < -0.4 is 10.5 Å². The molecule has 20 heavy (non-hydrogen) atoms. The highest BCUT2D eigenvalue weighted by atomic mass is 32.1. The lowest BCUT2D eigenvalue weighted by Gasteiger charge is -2.15. The molecule has 1 saturated heterocycles. The fraction of sp³-hybridized carbons (Fsp3) is 0.462. The van der Waals surface area contributed by atoms with Crippen LogP contribution in [0.1, 0.15) is 24.0 Å². The van der Waals surface area contributed by atoms with Crippen LogP contribution in [0.4, 0.5) is 13.2 Å². The van der Waals surface area contributed by atoms with Gasteiger partial charge >= 0.3 is 6.18 Å². The molecule has 2 rings (SSSR count). The van der Waals surface area contributed by atoms with Gasteiger partial charge in [0.2, 0.25) is 0 Å². The fourth-order valence-corrected chi connectivity index (χ4v) is 2.21. The van der Waals surface area contributed by atoms with E-state index in [9.17, 15) is 13.2 Å². The molecule has 1 atom stereocenters. The minimum Gasteiger partial charge on any atom is -0.491 e. The lowest BCUT2D eigenvalue weighted by Crippen LogP contribution is -2.19. The minimum atomic E-state index is -4.53. The second-order valence-corrected chi connectivity index (χ2v) is 4.96. The van der Waals surface area contributed by atoms with Gasteiger partial charge in [-0.15, -0.1) is 0 Å². The maximum atomic E-state index is 12.9.